The molecule has 132 valence electrons. The van der Waals surface area contributed by atoms with Crippen LogP contribution in [0.25, 0.3) is 0 Å². The molecule has 1 heterocycles. The van der Waals surface area contributed by atoms with Gasteiger partial charge in [0.15, 0.2) is 0 Å². The monoisotopic (exact) mass is 351 g/mol. The van der Waals surface area contributed by atoms with Crippen LogP contribution in [0.2, 0.25) is 5.02 Å². The van der Waals surface area contributed by atoms with Gasteiger partial charge >= 0.3 is 0 Å². The first-order valence-corrected chi connectivity index (χ1v) is 8.68. The first-order chi connectivity index (χ1) is 11.2. The molecular formula is C18H26ClN3O2. The summed E-state index contributed by atoms with van der Waals surface area (Å²) in [6, 6.07) is 5.01. The van der Waals surface area contributed by atoms with Gasteiger partial charge in [0.25, 0.3) is 5.91 Å². The quantitative estimate of drug-likeness (QED) is 0.877. The highest BCUT2D eigenvalue weighted by atomic mass is 35.5. The summed E-state index contributed by atoms with van der Waals surface area (Å²) in [6.07, 6.45) is 2.23. The second-order valence-corrected chi connectivity index (χ2v) is 8.04. The maximum absolute atomic E-state index is 12.7. The third-order valence-corrected chi connectivity index (χ3v) is 4.25. The van der Waals surface area contributed by atoms with Crippen molar-refractivity contribution in [3.63, 3.8) is 0 Å². The van der Waals surface area contributed by atoms with E-state index >= 15 is 0 Å². The average Bonchev–Trinajstić information content (AvgIpc) is 2.46. The van der Waals surface area contributed by atoms with Gasteiger partial charge in [0.1, 0.15) is 0 Å². The van der Waals surface area contributed by atoms with Gasteiger partial charge in [0.2, 0.25) is 5.91 Å². The molecule has 1 saturated heterocycles. The van der Waals surface area contributed by atoms with Crippen LogP contribution < -0.4 is 11.1 Å². The second kappa shape index (κ2) is 7.53. The van der Waals surface area contributed by atoms with Gasteiger partial charge in [0.05, 0.1) is 10.6 Å². The summed E-state index contributed by atoms with van der Waals surface area (Å²) in [7, 11) is 0. The fourth-order valence-corrected chi connectivity index (χ4v) is 3.02. The predicted octanol–water partition coefficient (Wildman–Crippen LogP) is 3.28. The first-order valence-electron chi connectivity index (χ1n) is 8.30. The molecule has 0 bridgehead atoms. The summed E-state index contributed by atoms with van der Waals surface area (Å²) in [5.74, 6) is -0.217. The van der Waals surface area contributed by atoms with Gasteiger partial charge in [-0.3, -0.25) is 9.59 Å². The minimum atomic E-state index is -0.137. The van der Waals surface area contributed by atoms with Crippen LogP contribution in [-0.2, 0) is 4.79 Å². The third kappa shape index (κ3) is 5.21. The number of nitrogens with zero attached hydrogens (tertiary/aromatic N) is 1. The number of benzene rings is 1. The van der Waals surface area contributed by atoms with Crippen molar-refractivity contribution in [2.45, 2.75) is 46.1 Å². The molecule has 1 unspecified atom stereocenters. The topological polar surface area (TPSA) is 75.4 Å². The largest absolute Gasteiger partial charge is 0.337 e. The molecule has 1 atom stereocenters. The SMILES string of the molecule is CC(C)(C)CC(=O)Nc1ccc(Cl)c(C(=O)N2CCCC(N)C2)c1. The molecule has 0 spiro atoms. The number of hydrogen-bond acceptors (Lipinski definition) is 3. The highest BCUT2D eigenvalue weighted by Crippen LogP contribution is 2.25. The highest BCUT2D eigenvalue weighted by Gasteiger charge is 2.24. The molecule has 6 heteroatoms. The Kier molecular flexibility index (Phi) is 5.88. The van der Waals surface area contributed by atoms with Crippen molar-refractivity contribution in [3.05, 3.63) is 28.8 Å². The summed E-state index contributed by atoms with van der Waals surface area (Å²) >= 11 is 6.20. The van der Waals surface area contributed by atoms with Crippen LogP contribution in [0, 0.1) is 5.41 Å². The smallest absolute Gasteiger partial charge is 0.255 e. The summed E-state index contributed by atoms with van der Waals surface area (Å²) < 4.78 is 0. The number of likely N-dealkylation sites (tertiary alicyclic amines) is 1. The van der Waals surface area contributed by atoms with E-state index in [1.165, 1.54) is 0 Å². The van der Waals surface area contributed by atoms with Crippen molar-refractivity contribution >= 4 is 29.1 Å². The van der Waals surface area contributed by atoms with E-state index in [1.807, 2.05) is 20.8 Å². The third-order valence-electron chi connectivity index (χ3n) is 3.92. The zero-order chi connectivity index (χ0) is 17.9. The van der Waals surface area contributed by atoms with Crippen LogP contribution in [0.1, 0.15) is 50.4 Å². The Morgan fingerprint density at radius 1 is 1.38 bits per heavy atom. The molecular weight excluding hydrogens is 326 g/mol. The molecule has 1 aromatic carbocycles. The molecule has 0 radical (unpaired) electrons. The van der Waals surface area contributed by atoms with Gasteiger partial charge in [0, 0.05) is 31.2 Å². The minimum Gasteiger partial charge on any atom is -0.337 e. The first kappa shape index (κ1) is 18.7. The van der Waals surface area contributed by atoms with Crippen molar-refractivity contribution in [2.24, 2.45) is 11.1 Å². The number of rotatable bonds is 3. The standard InChI is InChI=1S/C18H26ClN3O2/c1-18(2,3)10-16(23)21-13-6-7-15(19)14(9-13)17(24)22-8-4-5-12(20)11-22/h6-7,9,12H,4-5,8,10-11,20H2,1-3H3,(H,21,23). The number of nitrogens with two attached hydrogens (primary N) is 1. The summed E-state index contributed by atoms with van der Waals surface area (Å²) in [4.78, 5) is 26.5. The van der Waals surface area contributed by atoms with E-state index in [0.29, 0.717) is 35.8 Å². The lowest BCUT2D eigenvalue weighted by Crippen LogP contribution is -2.45. The Hall–Kier alpha value is -1.59. The van der Waals surface area contributed by atoms with Gasteiger partial charge in [-0.05, 0) is 36.5 Å². The maximum atomic E-state index is 12.7. The molecule has 1 fully saturated rings. The van der Waals surface area contributed by atoms with Crippen LogP contribution in [0.15, 0.2) is 18.2 Å². The van der Waals surface area contributed by atoms with Crippen LogP contribution in [0.4, 0.5) is 5.69 Å². The van der Waals surface area contributed by atoms with E-state index in [-0.39, 0.29) is 23.3 Å². The molecule has 2 amide bonds. The Labute approximate surface area is 148 Å². The second-order valence-electron chi connectivity index (χ2n) is 7.63. The highest BCUT2D eigenvalue weighted by molar-refractivity contribution is 6.34. The number of carbonyl (C=O) groups is 2. The van der Waals surface area contributed by atoms with Gasteiger partial charge in [-0.25, -0.2) is 0 Å². The maximum Gasteiger partial charge on any atom is 0.255 e. The molecule has 5 nitrogen and oxygen atoms in total. The fourth-order valence-electron chi connectivity index (χ4n) is 2.82. The molecule has 24 heavy (non-hydrogen) atoms. The van der Waals surface area contributed by atoms with Crippen molar-refractivity contribution < 1.29 is 9.59 Å². The van der Waals surface area contributed by atoms with Crippen molar-refractivity contribution in [2.75, 3.05) is 18.4 Å². The van der Waals surface area contributed by atoms with Crippen LogP contribution in [0.3, 0.4) is 0 Å². The fraction of sp³-hybridized carbons (Fsp3) is 0.556. The van der Waals surface area contributed by atoms with Crippen LogP contribution in [0.5, 0.6) is 0 Å². The van der Waals surface area contributed by atoms with Gasteiger partial charge in [-0.2, -0.15) is 0 Å². The van der Waals surface area contributed by atoms with E-state index in [4.69, 9.17) is 17.3 Å². The molecule has 3 N–H and O–H groups in total. The molecule has 0 saturated carbocycles. The van der Waals surface area contributed by atoms with Crippen molar-refractivity contribution in [1.29, 1.82) is 0 Å². The summed E-state index contributed by atoms with van der Waals surface area (Å²) in [6.45, 7) is 7.23. The molecule has 1 aliphatic heterocycles. The van der Waals surface area contributed by atoms with E-state index < -0.39 is 0 Å². The van der Waals surface area contributed by atoms with Crippen molar-refractivity contribution in [3.8, 4) is 0 Å². The van der Waals surface area contributed by atoms with Gasteiger partial charge in [-0.1, -0.05) is 32.4 Å². The van der Waals surface area contributed by atoms with E-state index in [9.17, 15) is 9.59 Å². The summed E-state index contributed by atoms with van der Waals surface area (Å²) in [5.41, 5.74) is 6.84. The number of halogens is 1. The number of anilines is 1. The Morgan fingerprint density at radius 3 is 2.71 bits per heavy atom. The normalized spacial score (nSPS) is 18.4. The zero-order valence-electron chi connectivity index (χ0n) is 14.6. The van der Waals surface area contributed by atoms with Crippen LogP contribution in [-0.4, -0.2) is 35.8 Å². The molecule has 0 aliphatic carbocycles. The van der Waals surface area contributed by atoms with E-state index in [0.717, 1.165) is 12.8 Å². The number of piperidine rings is 1. The lowest BCUT2D eigenvalue weighted by Gasteiger charge is -2.31. The molecule has 0 aromatic heterocycles. The Balaban J connectivity index is 2.13. The van der Waals surface area contributed by atoms with Gasteiger partial charge < -0.3 is 16.0 Å². The number of hydrogen-bond donors (Lipinski definition) is 2. The average molecular weight is 352 g/mol. The van der Waals surface area contributed by atoms with E-state index in [2.05, 4.69) is 5.32 Å². The Bertz CT molecular complexity index is 625. The zero-order valence-corrected chi connectivity index (χ0v) is 15.3. The number of amides is 2. The van der Waals surface area contributed by atoms with Gasteiger partial charge in [-0.15, -0.1) is 0 Å². The predicted molar refractivity (Wildman–Crippen MR) is 97.3 cm³/mol. The minimum absolute atomic E-state index is 0.0103. The Morgan fingerprint density at radius 2 is 2.08 bits per heavy atom. The van der Waals surface area contributed by atoms with E-state index in [1.54, 1.807) is 23.1 Å². The molecule has 1 aromatic rings. The lowest BCUT2D eigenvalue weighted by atomic mass is 9.92. The lowest BCUT2D eigenvalue weighted by molar-refractivity contribution is -0.117. The molecule has 1 aliphatic rings. The number of nitrogens with one attached hydrogen (secondary N) is 1. The molecule has 2 rings (SSSR count). The van der Waals surface area contributed by atoms with Crippen LogP contribution >= 0.6 is 11.6 Å². The number of carbonyl (C=O) groups excluding carboxylic acids is 2. The summed E-state index contributed by atoms with van der Waals surface area (Å²) in [5, 5.41) is 3.22. The van der Waals surface area contributed by atoms with Crippen molar-refractivity contribution in [1.82, 2.24) is 4.90 Å².